The molecule has 0 unspecified atom stereocenters. The number of ether oxygens (including phenoxy) is 1. The Kier molecular flexibility index (Phi) is 6.27. The van der Waals surface area contributed by atoms with E-state index in [1.165, 1.54) is 18.0 Å². The molecule has 0 heterocycles. The van der Waals surface area contributed by atoms with Gasteiger partial charge in [0.1, 0.15) is 5.75 Å². The van der Waals surface area contributed by atoms with Crippen LogP contribution in [0.1, 0.15) is 11.1 Å². The Bertz CT molecular complexity index is 804. The first-order chi connectivity index (χ1) is 12.3. The van der Waals surface area contributed by atoms with Crippen molar-refractivity contribution in [1.29, 1.82) is 0 Å². The Hall–Kier alpha value is -2.96. The van der Waals surface area contributed by atoms with Crippen molar-refractivity contribution < 1.29 is 23.1 Å². The molecule has 0 atom stereocenters. The third kappa shape index (κ3) is 5.02. The monoisotopic (exact) mass is 362 g/mol. The summed E-state index contributed by atoms with van der Waals surface area (Å²) in [5.74, 6) is -2.83. The highest BCUT2D eigenvalue weighted by Gasteiger charge is 2.15. The third-order valence-electron chi connectivity index (χ3n) is 3.81. The number of para-hydroxylation sites is 1. The Labute approximate surface area is 150 Å². The lowest BCUT2D eigenvalue weighted by Gasteiger charge is -2.18. The van der Waals surface area contributed by atoms with Crippen LogP contribution in [0.25, 0.3) is 0 Å². The van der Waals surface area contributed by atoms with Crippen molar-refractivity contribution in [3.63, 3.8) is 0 Å². The smallest absolute Gasteiger partial charge is 0.260 e. The van der Waals surface area contributed by atoms with Crippen molar-refractivity contribution in [1.82, 2.24) is 4.90 Å². The molecule has 0 saturated carbocycles. The number of carbonyl (C=O) groups is 2. The fourth-order valence-electron chi connectivity index (χ4n) is 2.32. The van der Waals surface area contributed by atoms with E-state index in [1.54, 1.807) is 0 Å². The molecule has 2 rings (SSSR count). The van der Waals surface area contributed by atoms with Gasteiger partial charge in [-0.1, -0.05) is 18.2 Å². The quantitative estimate of drug-likeness (QED) is 0.859. The first kappa shape index (κ1) is 19.4. The van der Waals surface area contributed by atoms with Crippen molar-refractivity contribution in [2.45, 2.75) is 13.8 Å². The van der Waals surface area contributed by atoms with Gasteiger partial charge in [-0.3, -0.25) is 9.59 Å². The van der Waals surface area contributed by atoms with Crippen LogP contribution >= 0.6 is 0 Å². The van der Waals surface area contributed by atoms with Gasteiger partial charge in [0.15, 0.2) is 18.2 Å². The zero-order valence-corrected chi connectivity index (χ0v) is 14.8. The highest BCUT2D eigenvalue weighted by molar-refractivity contribution is 5.95. The highest BCUT2D eigenvalue weighted by Crippen LogP contribution is 2.19. The summed E-state index contributed by atoms with van der Waals surface area (Å²) in [7, 11) is 1.46. The fraction of sp³-hybridized carbons (Fsp3) is 0.263. The Morgan fingerprint density at radius 3 is 2.35 bits per heavy atom. The molecule has 2 aromatic rings. The van der Waals surface area contributed by atoms with Crippen LogP contribution in [-0.2, 0) is 9.59 Å². The summed E-state index contributed by atoms with van der Waals surface area (Å²) >= 11 is 0. The van der Waals surface area contributed by atoms with E-state index in [9.17, 15) is 18.4 Å². The molecule has 0 saturated heterocycles. The van der Waals surface area contributed by atoms with E-state index in [-0.39, 0.29) is 18.2 Å². The second kappa shape index (κ2) is 8.42. The van der Waals surface area contributed by atoms with Crippen LogP contribution < -0.4 is 10.1 Å². The average Bonchev–Trinajstić information content (AvgIpc) is 2.59. The zero-order valence-electron chi connectivity index (χ0n) is 14.8. The van der Waals surface area contributed by atoms with Crippen LogP contribution in [0.3, 0.4) is 0 Å². The number of likely N-dealkylation sites (N-methyl/N-ethyl adjacent to an activating group) is 1. The minimum atomic E-state index is -1.06. The molecule has 0 radical (unpaired) electrons. The number of nitrogens with one attached hydrogen (secondary N) is 1. The van der Waals surface area contributed by atoms with Crippen LogP contribution in [0.2, 0.25) is 0 Å². The van der Waals surface area contributed by atoms with Crippen LogP contribution in [-0.4, -0.2) is 36.9 Å². The van der Waals surface area contributed by atoms with E-state index in [0.717, 1.165) is 28.9 Å². The lowest BCUT2D eigenvalue weighted by Crippen LogP contribution is -2.37. The largest absolute Gasteiger partial charge is 0.484 e. The van der Waals surface area contributed by atoms with Crippen LogP contribution in [0.5, 0.6) is 5.75 Å². The van der Waals surface area contributed by atoms with Gasteiger partial charge in [-0.05, 0) is 37.1 Å². The molecule has 2 aromatic carbocycles. The van der Waals surface area contributed by atoms with Gasteiger partial charge in [-0.25, -0.2) is 8.78 Å². The summed E-state index contributed by atoms with van der Waals surface area (Å²) in [6, 6.07) is 8.65. The number of nitrogens with zero attached hydrogens (tertiary/aromatic N) is 1. The van der Waals surface area contributed by atoms with E-state index in [0.29, 0.717) is 0 Å². The lowest BCUT2D eigenvalue weighted by molar-refractivity contribution is -0.135. The second-order valence-electron chi connectivity index (χ2n) is 5.93. The molecule has 0 aliphatic rings. The molecule has 0 bridgehead atoms. The van der Waals surface area contributed by atoms with Gasteiger partial charge in [-0.2, -0.15) is 0 Å². The number of rotatable bonds is 6. The SMILES string of the molecule is Cc1cccc(C)c1NC(=O)CN(C)C(=O)COc1ccc(F)c(F)c1. The molecular formula is C19H20F2N2O3. The number of benzene rings is 2. The lowest BCUT2D eigenvalue weighted by atomic mass is 10.1. The van der Waals surface area contributed by atoms with Gasteiger partial charge in [-0.15, -0.1) is 0 Å². The van der Waals surface area contributed by atoms with Gasteiger partial charge in [0.2, 0.25) is 5.91 Å². The molecule has 0 spiro atoms. The molecule has 26 heavy (non-hydrogen) atoms. The summed E-state index contributed by atoms with van der Waals surface area (Å²) in [6.45, 7) is 3.21. The molecule has 5 nitrogen and oxygen atoms in total. The Morgan fingerprint density at radius 2 is 1.73 bits per heavy atom. The topological polar surface area (TPSA) is 58.6 Å². The maximum Gasteiger partial charge on any atom is 0.260 e. The number of hydrogen-bond acceptors (Lipinski definition) is 3. The fourth-order valence-corrected chi connectivity index (χ4v) is 2.32. The minimum Gasteiger partial charge on any atom is -0.484 e. The van der Waals surface area contributed by atoms with Crippen molar-refractivity contribution in [2.24, 2.45) is 0 Å². The van der Waals surface area contributed by atoms with E-state index in [1.807, 2.05) is 32.0 Å². The zero-order chi connectivity index (χ0) is 19.3. The standard InChI is InChI=1S/C19H20F2N2O3/c1-12-5-4-6-13(2)19(12)22-17(24)10-23(3)18(25)11-26-14-7-8-15(20)16(21)9-14/h4-9H,10-11H2,1-3H3,(H,22,24). The van der Waals surface area contributed by atoms with Gasteiger partial charge < -0.3 is 15.0 Å². The second-order valence-corrected chi connectivity index (χ2v) is 5.93. The number of anilines is 1. The van der Waals surface area contributed by atoms with Crippen molar-refractivity contribution in [3.05, 3.63) is 59.2 Å². The third-order valence-corrected chi connectivity index (χ3v) is 3.81. The molecular weight excluding hydrogens is 342 g/mol. The first-order valence-electron chi connectivity index (χ1n) is 7.96. The number of halogens is 2. The number of hydrogen-bond donors (Lipinski definition) is 1. The molecule has 2 amide bonds. The van der Waals surface area contributed by atoms with E-state index >= 15 is 0 Å². The predicted octanol–water partition coefficient (Wildman–Crippen LogP) is 3.06. The van der Waals surface area contributed by atoms with Crippen LogP contribution in [0.4, 0.5) is 14.5 Å². The number of amides is 2. The average molecular weight is 362 g/mol. The normalized spacial score (nSPS) is 10.3. The molecule has 0 aliphatic heterocycles. The summed E-state index contributed by atoms with van der Waals surface area (Å²) < 4.78 is 31.1. The van der Waals surface area contributed by atoms with E-state index in [2.05, 4.69) is 5.32 Å². The molecule has 138 valence electrons. The van der Waals surface area contributed by atoms with Crippen molar-refractivity contribution >= 4 is 17.5 Å². The molecule has 7 heteroatoms. The number of aryl methyl sites for hydroxylation is 2. The summed E-state index contributed by atoms with van der Waals surface area (Å²) in [5, 5.41) is 2.79. The van der Waals surface area contributed by atoms with Crippen LogP contribution in [0, 0.1) is 25.5 Å². The maximum absolute atomic E-state index is 13.1. The summed E-state index contributed by atoms with van der Waals surface area (Å²) in [6.07, 6.45) is 0. The van der Waals surface area contributed by atoms with Gasteiger partial charge in [0.25, 0.3) is 5.91 Å². The van der Waals surface area contributed by atoms with Crippen LogP contribution in [0.15, 0.2) is 36.4 Å². The predicted molar refractivity (Wildman–Crippen MR) is 94.0 cm³/mol. The molecule has 1 N–H and O–H groups in total. The first-order valence-corrected chi connectivity index (χ1v) is 7.96. The van der Waals surface area contributed by atoms with E-state index in [4.69, 9.17) is 4.74 Å². The van der Waals surface area contributed by atoms with Gasteiger partial charge in [0, 0.05) is 18.8 Å². The van der Waals surface area contributed by atoms with Gasteiger partial charge in [0.05, 0.1) is 6.54 Å². The molecule has 0 aliphatic carbocycles. The minimum absolute atomic E-state index is 0.0330. The van der Waals surface area contributed by atoms with Crippen molar-refractivity contribution in [3.8, 4) is 5.75 Å². The summed E-state index contributed by atoms with van der Waals surface area (Å²) in [4.78, 5) is 25.4. The van der Waals surface area contributed by atoms with E-state index < -0.39 is 24.1 Å². The van der Waals surface area contributed by atoms with Gasteiger partial charge >= 0.3 is 0 Å². The number of carbonyl (C=O) groups excluding carboxylic acids is 2. The Balaban J connectivity index is 1.88. The maximum atomic E-state index is 13.1. The molecule has 0 fully saturated rings. The summed E-state index contributed by atoms with van der Waals surface area (Å²) in [5.41, 5.74) is 2.57. The Morgan fingerprint density at radius 1 is 1.08 bits per heavy atom. The molecule has 0 aromatic heterocycles. The van der Waals surface area contributed by atoms with Crippen molar-refractivity contribution in [2.75, 3.05) is 25.5 Å². The highest BCUT2D eigenvalue weighted by atomic mass is 19.2.